The van der Waals surface area contributed by atoms with Crippen molar-refractivity contribution in [1.82, 2.24) is 0 Å². The highest BCUT2D eigenvalue weighted by Gasteiger charge is 2.42. The first-order chi connectivity index (χ1) is 10.7. The predicted molar refractivity (Wildman–Crippen MR) is 91.6 cm³/mol. The molecule has 2 nitrogen and oxygen atoms in total. The molecule has 22 heavy (non-hydrogen) atoms. The Hall–Kier alpha value is -1.51. The molecule has 1 amide bonds. The minimum Gasteiger partial charge on any atom is -0.303 e. The fourth-order valence-corrected chi connectivity index (χ4v) is 3.94. The predicted octanol–water partition coefficient (Wildman–Crippen LogP) is 5.43. The smallest absolute Gasteiger partial charge is 0.214 e. The second-order valence-corrected chi connectivity index (χ2v) is 6.52. The van der Waals surface area contributed by atoms with E-state index >= 15 is 0 Å². The Morgan fingerprint density at radius 3 is 2.27 bits per heavy atom. The van der Waals surface area contributed by atoms with Crippen LogP contribution < -0.4 is 4.90 Å². The minimum absolute atomic E-state index is 0.319. The molecule has 1 aliphatic carbocycles. The lowest BCUT2D eigenvalue weighted by atomic mass is 9.86. The van der Waals surface area contributed by atoms with E-state index in [2.05, 4.69) is 12.1 Å². The van der Waals surface area contributed by atoms with Crippen LogP contribution in [0.4, 0.5) is 5.69 Å². The van der Waals surface area contributed by atoms with Crippen molar-refractivity contribution in [3.8, 4) is 0 Å². The van der Waals surface area contributed by atoms with Crippen LogP contribution in [-0.4, -0.2) is 6.41 Å². The molecule has 3 rings (SSSR count). The van der Waals surface area contributed by atoms with E-state index in [-0.39, 0.29) is 5.54 Å². The lowest BCUT2D eigenvalue weighted by Gasteiger charge is -2.40. The van der Waals surface area contributed by atoms with Gasteiger partial charge in [-0.05, 0) is 36.6 Å². The van der Waals surface area contributed by atoms with Gasteiger partial charge in [0.25, 0.3) is 0 Å². The number of carbonyl (C=O) groups is 1. The summed E-state index contributed by atoms with van der Waals surface area (Å²) >= 11 is 12.3. The normalized spacial score (nSPS) is 16.5. The summed E-state index contributed by atoms with van der Waals surface area (Å²) in [6.07, 6.45) is 4.98. The molecule has 0 N–H and O–H groups in total. The van der Waals surface area contributed by atoms with Crippen LogP contribution in [0, 0.1) is 0 Å². The van der Waals surface area contributed by atoms with E-state index < -0.39 is 0 Å². The summed E-state index contributed by atoms with van der Waals surface area (Å²) in [5.74, 6) is 0. The number of halogens is 2. The number of nitrogens with zero attached hydrogens (tertiary/aromatic N) is 1. The lowest BCUT2D eigenvalue weighted by Crippen LogP contribution is -2.43. The Morgan fingerprint density at radius 2 is 1.68 bits per heavy atom. The Labute approximate surface area is 140 Å². The summed E-state index contributed by atoms with van der Waals surface area (Å²) in [5.41, 5.74) is 1.55. The van der Waals surface area contributed by atoms with E-state index in [1.54, 1.807) is 17.0 Å². The molecular weight excluding hydrogens is 317 g/mol. The van der Waals surface area contributed by atoms with Crippen LogP contribution in [0.3, 0.4) is 0 Å². The number of amides is 1. The molecule has 0 bridgehead atoms. The van der Waals surface area contributed by atoms with Gasteiger partial charge in [-0.1, -0.05) is 66.4 Å². The van der Waals surface area contributed by atoms with E-state index in [0.717, 1.165) is 37.7 Å². The van der Waals surface area contributed by atoms with Gasteiger partial charge in [0.2, 0.25) is 6.41 Å². The van der Waals surface area contributed by atoms with Crippen LogP contribution in [0.2, 0.25) is 10.0 Å². The van der Waals surface area contributed by atoms with Crippen LogP contribution in [0.15, 0.2) is 48.5 Å². The summed E-state index contributed by atoms with van der Waals surface area (Å²) in [6.45, 7) is 0. The number of anilines is 1. The third-order valence-electron chi connectivity index (χ3n) is 4.48. The van der Waals surface area contributed by atoms with Gasteiger partial charge in [-0.15, -0.1) is 0 Å². The quantitative estimate of drug-likeness (QED) is 0.683. The zero-order valence-corrected chi connectivity index (χ0v) is 13.6. The molecule has 114 valence electrons. The average Bonchev–Trinajstić information content (AvgIpc) is 3.02. The van der Waals surface area contributed by atoms with Crippen LogP contribution in [0.1, 0.15) is 31.2 Å². The van der Waals surface area contributed by atoms with Gasteiger partial charge in [-0.25, -0.2) is 0 Å². The Kier molecular flexibility index (Phi) is 4.42. The first-order valence-electron chi connectivity index (χ1n) is 7.42. The van der Waals surface area contributed by atoms with Crippen molar-refractivity contribution in [2.24, 2.45) is 0 Å². The maximum absolute atomic E-state index is 11.9. The van der Waals surface area contributed by atoms with Gasteiger partial charge < -0.3 is 4.90 Å². The Bertz CT molecular complexity index is 666. The number of benzene rings is 2. The van der Waals surface area contributed by atoms with Crippen molar-refractivity contribution in [2.45, 2.75) is 31.2 Å². The Balaban J connectivity index is 2.12. The summed E-state index contributed by atoms with van der Waals surface area (Å²) < 4.78 is 0. The largest absolute Gasteiger partial charge is 0.303 e. The Morgan fingerprint density at radius 1 is 1.00 bits per heavy atom. The SMILES string of the molecule is O=CN(c1ccc(Cl)cc1Cl)C1(c2ccccc2)CCCC1. The number of carbonyl (C=O) groups excluding carboxylic acids is 1. The number of hydrogen-bond donors (Lipinski definition) is 0. The van der Waals surface area contributed by atoms with Gasteiger partial charge >= 0.3 is 0 Å². The third kappa shape index (κ3) is 2.62. The van der Waals surface area contributed by atoms with Gasteiger partial charge in [0.15, 0.2) is 0 Å². The highest BCUT2D eigenvalue weighted by molar-refractivity contribution is 6.36. The molecule has 0 unspecified atom stereocenters. The molecule has 2 aromatic carbocycles. The van der Waals surface area contributed by atoms with Crippen molar-refractivity contribution in [3.05, 3.63) is 64.1 Å². The first-order valence-corrected chi connectivity index (χ1v) is 8.18. The molecule has 0 aliphatic heterocycles. The highest BCUT2D eigenvalue weighted by Crippen LogP contribution is 2.46. The molecule has 0 heterocycles. The molecule has 1 fully saturated rings. The molecule has 0 radical (unpaired) electrons. The second-order valence-electron chi connectivity index (χ2n) is 5.68. The van der Waals surface area contributed by atoms with Gasteiger partial charge in [-0.3, -0.25) is 4.79 Å². The van der Waals surface area contributed by atoms with Crippen molar-refractivity contribution in [1.29, 1.82) is 0 Å². The van der Waals surface area contributed by atoms with Gasteiger partial charge in [0.05, 0.1) is 16.2 Å². The fraction of sp³-hybridized carbons (Fsp3) is 0.278. The molecule has 1 saturated carbocycles. The molecule has 0 saturated heterocycles. The molecule has 0 spiro atoms. The molecule has 2 aromatic rings. The fourth-order valence-electron chi connectivity index (χ4n) is 3.44. The average molecular weight is 334 g/mol. The molecule has 0 atom stereocenters. The topological polar surface area (TPSA) is 20.3 Å². The van der Waals surface area contributed by atoms with Crippen molar-refractivity contribution < 1.29 is 4.79 Å². The summed E-state index contributed by atoms with van der Waals surface area (Å²) in [6, 6.07) is 15.5. The molecule has 1 aliphatic rings. The lowest BCUT2D eigenvalue weighted by molar-refractivity contribution is -0.108. The summed E-state index contributed by atoms with van der Waals surface area (Å²) in [5, 5.41) is 1.07. The minimum atomic E-state index is -0.319. The van der Waals surface area contributed by atoms with Crippen LogP contribution >= 0.6 is 23.2 Å². The second kappa shape index (κ2) is 6.31. The molecular formula is C18H17Cl2NO. The zero-order valence-electron chi connectivity index (χ0n) is 12.1. The van der Waals surface area contributed by atoms with Gasteiger partial charge in [0, 0.05) is 5.02 Å². The molecule has 4 heteroatoms. The van der Waals surface area contributed by atoms with E-state index in [0.29, 0.717) is 15.7 Å². The highest BCUT2D eigenvalue weighted by atomic mass is 35.5. The maximum atomic E-state index is 11.9. The van der Waals surface area contributed by atoms with Crippen LogP contribution in [-0.2, 0) is 10.3 Å². The molecule has 0 aromatic heterocycles. The van der Waals surface area contributed by atoms with Crippen molar-refractivity contribution >= 4 is 35.3 Å². The monoisotopic (exact) mass is 333 g/mol. The van der Waals surface area contributed by atoms with Crippen molar-refractivity contribution in [3.63, 3.8) is 0 Å². The van der Waals surface area contributed by atoms with E-state index in [4.69, 9.17) is 23.2 Å². The number of hydrogen-bond acceptors (Lipinski definition) is 1. The van der Waals surface area contributed by atoms with Crippen LogP contribution in [0.5, 0.6) is 0 Å². The zero-order chi connectivity index (χ0) is 15.6. The first kappa shape index (κ1) is 15.4. The number of rotatable bonds is 4. The van der Waals surface area contributed by atoms with Crippen molar-refractivity contribution in [2.75, 3.05) is 4.90 Å². The third-order valence-corrected chi connectivity index (χ3v) is 5.02. The standard InChI is InChI=1S/C18H17Cl2NO/c19-15-8-9-17(16(20)12-15)21(13-22)18(10-4-5-11-18)14-6-2-1-3-7-14/h1-3,6-9,12-13H,4-5,10-11H2. The maximum Gasteiger partial charge on any atom is 0.214 e. The van der Waals surface area contributed by atoms with Gasteiger partial charge in [0.1, 0.15) is 0 Å². The van der Waals surface area contributed by atoms with E-state index in [1.807, 2.05) is 24.3 Å². The van der Waals surface area contributed by atoms with E-state index in [9.17, 15) is 4.79 Å². The van der Waals surface area contributed by atoms with Gasteiger partial charge in [-0.2, -0.15) is 0 Å². The summed E-state index contributed by atoms with van der Waals surface area (Å²) in [4.78, 5) is 13.7. The van der Waals surface area contributed by atoms with Crippen LogP contribution in [0.25, 0.3) is 0 Å². The van der Waals surface area contributed by atoms with E-state index in [1.165, 1.54) is 0 Å². The summed E-state index contributed by atoms with van der Waals surface area (Å²) in [7, 11) is 0.